The van der Waals surface area contributed by atoms with Crippen LogP contribution in [0.3, 0.4) is 0 Å². The predicted octanol–water partition coefficient (Wildman–Crippen LogP) is -2.44. The topological polar surface area (TPSA) is 110 Å². The second-order valence-corrected chi connectivity index (χ2v) is 4.81. The minimum atomic E-state index is -1.85. The third-order valence-corrected chi connectivity index (χ3v) is 3.87. The molecular weight excluding hydrogens is 204 g/mol. The molecule has 1 saturated carbocycles. The Hall–Kier alpha value is -0.240. The van der Waals surface area contributed by atoms with Gasteiger partial charge >= 0.3 is 0 Å². The monoisotopic (exact) mass is 220 g/mol. The number of aliphatic hydroxyl groups is 5. The standard InChI is InChI=1S/C9H16O6/c1-7(2)8(13)6(12)5(4(11)3-10)15-9(7,8)14/h4-6,10-14H,3H2,1-2H3/t4-,5-,6+,8+,9?/m1/s1. The summed E-state index contributed by atoms with van der Waals surface area (Å²) in [7, 11) is 0. The van der Waals surface area contributed by atoms with Crippen LogP contribution in [0.25, 0.3) is 0 Å². The van der Waals surface area contributed by atoms with Crippen LogP contribution >= 0.6 is 0 Å². The molecule has 0 radical (unpaired) electrons. The lowest BCUT2D eigenvalue weighted by Gasteiger charge is -2.27. The van der Waals surface area contributed by atoms with E-state index in [4.69, 9.17) is 9.84 Å². The molecule has 0 amide bonds. The zero-order chi connectivity index (χ0) is 11.6. The van der Waals surface area contributed by atoms with E-state index in [1.807, 2.05) is 0 Å². The Kier molecular flexibility index (Phi) is 2.03. The maximum absolute atomic E-state index is 10.0. The number of hydrogen-bond donors (Lipinski definition) is 5. The van der Waals surface area contributed by atoms with Crippen LogP contribution in [0.5, 0.6) is 0 Å². The van der Waals surface area contributed by atoms with Crippen LogP contribution in [0.15, 0.2) is 0 Å². The SMILES string of the molecule is CC1(C)C2(O)O[C@H]([C@H](O)CO)[C@H](O)[C@]12O. The Morgan fingerprint density at radius 1 is 1.33 bits per heavy atom. The van der Waals surface area contributed by atoms with E-state index in [2.05, 4.69) is 0 Å². The van der Waals surface area contributed by atoms with E-state index in [1.165, 1.54) is 0 Å². The normalized spacial score (nSPS) is 53.8. The van der Waals surface area contributed by atoms with Gasteiger partial charge in [0.15, 0.2) is 5.60 Å². The Balaban J connectivity index is 2.25. The lowest BCUT2D eigenvalue weighted by atomic mass is 9.95. The van der Waals surface area contributed by atoms with Crippen molar-refractivity contribution in [1.29, 1.82) is 0 Å². The van der Waals surface area contributed by atoms with Crippen LogP contribution in [0, 0.1) is 5.41 Å². The first-order valence-corrected chi connectivity index (χ1v) is 4.83. The van der Waals surface area contributed by atoms with E-state index in [0.717, 1.165) is 0 Å². The van der Waals surface area contributed by atoms with E-state index in [-0.39, 0.29) is 0 Å². The average Bonchev–Trinajstić information content (AvgIpc) is 2.39. The fourth-order valence-corrected chi connectivity index (χ4v) is 2.52. The van der Waals surface area contributed by atoms with Crippen molar-refractivity contribution >= 4 is 0 Å². The molecule has 1 aliphatic carbocycles. The van der Waals surface area contributed by atoms with Gasteiger partial charge in [0.2, 0.25) is 5.79 Å². The maximum Gasteiger partial charge on any atom is 0.207 e. The van der Waals surface area contributed by atoms with Crippen LogP contribution in [0.1, 0.15) is 13.8 Å². The minimum Gasteiger partial charge on any atom is -0.394 e. The fraction of sp³-hybridized carbons (Fsp3) is 1.00. The molecule has 2 fully saturated rings. The third kappa shape index (κ3) is 0.909. The second kappa shape index (κ2) is 2.71. The number of ether oxygens (including phenoxy) is 1. The molecule has 6 nitrogen and oxygen atoms in total. The summed E-state index contributed by atoms with van der Waals surface area (Å²) in [6.07, 6.45) is -3.91. The van der Waals surface area contributed by atoms with Gasteiger partial charge < -0.3 is 30.3 Å². The highest BCUT2D eigenvalue weighted by Gasteiger charge is 2.92. The van der Waals surface area contributed by atoms with Gasteiger partial charge in [-0.25, -0.2) is 0 Å². The highest BCUT2D eigenvalue weighted by molar-refractivity contribution is 5.35. The fourth-order valence-electron chi connectivity index (χ4n) is 2.52. The second-order valence-electron chi connectivity index (χ2n) is 4.81. The van der Waals surface area contributed by atoms with E-state index < -0.39 is 41.7 Å². The summed E-state index contributed by atoms with van der Waals surface area (Å²) in [4.78, 5) is 0. The molecule has 15 heavy (non-hydrogen) atoms. The Morgan fingerprint density at radius 2 is 1.87 bits per heavy atom. The summed E-state index contributed by atoms with van der Waals surface area (Å²) in [6.45, 7) is 2.50. The predicted molar refractivity (Wildman–Crippen MR) is 47.7 cm³/mol. The first-order valence-electron chi connectivity index (χ1n) is 4.83. The molecule has 0 bridgehead atoms. The molecule has 0 aromatic heterocycles. The molecule has 0 aromatic carbocycles. The number of fused-ring (bicyclic) bond motifs is 1. The first-order chi connectivity index (χ1) is 6.74. The van der Waals surface area contributed by atoms with Gasteiger partial charge in [-0.3, -0.25) is 0 Å². The van der Waals surface area contributed by atoms with Crippen LogP contribution in [-0.2, 0) is 4.74 Å². The molecule has 1 aliphatic heterocycles. The van der Waals surface area contributed by atoms with Crippen LogP contribution in [0.4, 0.5) is 0 Å². The highest BCUT2D eigenvalue weighted by atomic mass is 16.7. The maximum atomic E-state index is 10.0. The molecule has 6 heteroatoms. The zero-order valence-corrected chi connectivity index (χ0v) is 8.58. The van der Waals surface area contributed by atoms with E-state index in [9.17, 15) is 20.4 Å². The van der Waals surface area contributed by atoms with E-state index >= 15 is 0 Å². The smallest absolute Gasteiger partial charge is 0.207 e. The van der Waals surface area contributed by atoms with E-state index in [0.29, 0.717) is 0 Å². The van der Waals surface area contributed by atoms with Crippen molar-refractivity contribution in [2.45, 2.75) is 43.5 Å². The van der Waals surface area contributed by atoms with Gasteiger partial charge in [-0.2, -0.15) is 0 Å². The molecule has 1 unspecified atom stereocenters. The molecular formula is C9H16O6. The van der Waals surface area contributed by atoms with Crippen molar-refractivity contribution in [2.24, 2.45) is 5.41 Å². The Morgan fingerprint density at radius 3 is 2.20 bits per heavy atom. The number of hydrogen-bond acceptors (Lipinski definition) is 6. The molecule has 2 aliphatic rings. The first kappa shape index (κ1) is 11.3. The molecule has 88 valence electrons. The van der Waals surface area contributed by atoms with Gasteiger partial charge in [-0.15, -0.1) is 0 Å². The van der Waals surface area contributed by atoms with E-state index in [1.54, 1.807) is 13.8 Å². The van der Waals surface area contributed by atoms with Gasteiger partial charge in [0.05, 0.1) is 12.0 Å². The van der Waals surface area contributed by atoms with Crippen molar-refractivity contribution in [2.75, 3.05) is 6.61 Å². The number of aliphatic hydroxyl groups excluding tert-OH is 3. The summed E-state index contributed by atoms with van der Waals surface area (Å²) in [5.41, 5.74) is -2.76. The summed E-state index contributed by atoms with van der Waals surface area (Å²) >= 11 is 0. The van der Waals surface area contributed by atoms with Crippen molar-refractivity contribution in [1.82, 2.24) is 0 Å². The molecule has 5 N–H and O–H groups in total. The highest BCUT2D eigenvalue weighted by Crippen LogP contribution is 2.71. The molecule has 0 spiro atoms. The summed E-state index contributed by atoms with van der Waals surface area (Å²) in [5.74, 6) is -1.85. The van der Waals surface area contributed by atoms with Crippen LogP contribution in [0.2, 0.25) is 0 Å². The van der Waals surface area contributed by atoms with Gasteiger partial charge in [0.1, 0.15) is 18.3 Å². The van der Waals surface area contributed by atoms with Gasteiger partial charge in [-0.05, 0) is 0 Å². The van der Waals surface area contributed by atoms with Gasteiger partial charge in [-0.1, -0.05) is 13.8 Å². The van der Waals surface area contributed by atoms with Crippen LogP contribution < -0.4 is 0 Å². The van der Waals surface area contributed by atoms with Crippen molar-refractivity contribution in [3.8, 4) is 0 Å². The molecule has 2 rings (SSSR count). The third-order valence-electron chi connectivity index (χ3n) is 3.87. The van der Waals surface area contributed by atoms with Crippen molar-refractivity contribution in [3.63, 3.8) is 0 Å². The Bertz CT molecular complexity index is 292. The van der Waals surface area contributed by atoms with Gasteiger partial charge in [0.25, 0.3) is 0 Å². The molecule has 5 atom stereocenters. The largest absolute Gasteiger partial charge is 0.394 e. The quantitative estimate of drug-likeness (QED) is 0.353. The summed E-state index contributed by atoms with van der Waals surface area (Å²) in [5, 5.41) is 47.7. The molecule has 1 saturated heterocycles. The summed E-state index contributed by atoms with van der Waals surface area (Å²) < 4.78 is 5.05. The number of rotatable bonds is 2. The lowest BCUT2D eigenvalue weighted by molar-refractivity contribution is -0.198. The molecule has 1 heterocycles. The molecule has 0 aromatic rings. The minimum absolute atomic E-state index is 0.603. The van der Waals surface area contributed by atoms with Crippen molar-refractivity contribution < 1.29 is 30.3 Å². The van der Waals surface area contributed by atoms with Gasteiger partial charge in [0, 0.05) is 0 Å². The van der Waals surface area contributed by atoms with Crippen LogP contribution in [-0.4, -0.2) is 61.8 Å². The lowest BCUT2D eigenvalue weighted by Crippen LogP contribution is -2.46. The summed E-state index contributed by atoms with van der Waals surface area (Å²) in [6, 6.07) is 0. The zero-order valence-electron chi connectivity index (χ0n) is 8.58. The average molecular weight is 220 g/mol. The van der Waals surface area contributed by atoms with Crippen molar-refractivity contribution in [3.05, 3.63) is 0 Å². The Labute approximate surface area is 86.7 Å².